The number of piperazine rings is 1. The first-order valence-electron chi connectivity index (χ1n) is 10.6. The molecule has 1 aromatic heterocycles. The summed E-state index contributed by atoms with van der Waals surface area (Å²) in [7, 11) is 0. The highest BCUT2D eigenvalue weighted by molar-refractivity contribution is 7.10. The molecular weight excluding hydrogens is 368 g/mol. The molecule has 0 bridgehead atoms. The van der Waals surface area contributed by atoms with E-state index in [0.29, 0.717) is 12.6 Å². The molecule has 0 saturated carbocycles. The largest absolute Gasteiger partial charge is 0.360 e. The third-order valence-electron chi connectivity index (χ3n) is 6.24. The van der Waals surface area contributed by atoms with Crippen molar-refractivity contribution >= 4 is 28.6 Å². The van der Waals surface area contributed by atoms with Gasteiger partial charge in [-0.15, -0.1) is 11.3 Å². The summed E-state index contributed by atoms with van der Waals surface area (Å²) in [5.41, 5.74) is 2.16. The molecule has 0 radical (unpaired) electrons. The van der Waals surface area contributed by atoms with E-state index in [4.69, 9.17) is 0 Å². The molecule has 1 unspecified atom stereocenters. The van der Waals surface area contributed by atoms with E-state index in [9.17, 15) is 4.79 Å². The lowest BCUT2D eigenvalue weighted by atomic mass is 10.2. The molecule has 2 aliphatic heterocycles. The molecule has 4 rings (SSSR count). The van der Waals surface area contributed by atoms with Crippen molar-refractivity contribution in [3.63, 3.8) is 0 Å². The number of thiophene rings is 1. The van der Waals surface area contributed by atoms with E-state index in [1.165, 1.54) is 47.9 Å². The van der Waals surface area contributed by atoms with Gasteiger partial charge in [0.05, 0.1) is 44.1 Å². The quantitative estimate of drug-likeness (QED) is 0.672. The Labute approximate surface area is 171 Å². The summed E-state index contributed by atoms with van der Waals surface area (Å²) >= 11 is 1.81. The zero-order valence-electron chi connectivity index (χ0n) is 16.7. The van der Waals surface area contributed by atoms with Crippen LogP contribution in [0.5, 0.6) is 0 Å². The maximum Gasteiger partial charge on any atom is 0.279 e. The second-order valence-corrected chi connectivity index (χ2v) is 8.96. The molecule has 1 amide bonds. The maximum absolute atomic E-state index is 12.6. The summed E-state index contributed by atoms with van der Waals surface area (Å²) in [5.74, 6) is 0.117. The highest BCUT2D eigenvalue weighted by atomic mass is 32.1. The number of quaternary nitrogens is 2. The number of likely N-dealkylation sites (tertiary alicyclic amines) is 1. The Morgan fingerprint density at radius 3 is 2.64 bits per heavy atom. The lowest BCUT2D eigenvalue weighted by Crippen LogP contribution is -3.14. The number of hydrogen-bond donors (Lipinski definition) is 3. The van der Waals surface area contributed by atoms with Gasteiger partial charge in [0, 0.05) is 24.2 Å². The van der Waals surface area contributed by atoms with Crippen LogP contribution in [0.3, 0.4) is 0 Å². The van der Waals surface area contributed by atoms with Gasteiger partial charge >= 0.3 is 0 Å². The van der Waals surface area contributed by atoms with E-state index in [-0.39, 0.29) is 5.91 Å². The molecule has 3 heterocycles. The molecule has 2 aliphatic rings. The van der Waals surface area contributed by atoms with Crippen LogP contribution >= 0.6 is 11.3 Å². The fraction of sp³-hybridized carbons (Fsp3) is 0.500. The number of nitrogens with zero attached hydrogens (tertiary/aromatic N) is 1. The summed E-state index contributed by atoms with van der Waals surface area (Å²) in [6, 6.07) is 13.2. The average molecular weight is 401 g/mol. The first-order chi connectivity index (χ1) is 13.7. The standard InChI is InChI=1S/C22H30N4OS/c1-2-24-12-14-25(15-13-24)19-9-7-18(8-10-19)23-22(27)17-26-11-3-5-20(26)21-6-4-16-28-21/h4,6-10,16,20H,2-3,5,11-15,17H2,1H3,(H,23,27)/p+2/t20-/m1/s1. The highest BCUT2D eigenvalue weighted by Gasteiger charge is 2.32. The minimum Gasteiger partial charge on any atom is -0.360 e. The molecule has 0 spiro atoms. The van der Waals surface area contributed by atoms with E-state index >= 15 is 0 Å². The summed E-state index contributed by atoms with van der Waals surface area (Å²) in [6.45, 7) is 9.74. The number of amides is 1. The second-order valence-electron chi connectivity index (χ2n) is 7.98. The predicted octanol–water partition coefficient (Wildman–Crippen LogP) is 0.831. The van der Waals surface area contributed by atoms with Crippen LogP contribution in [0, 0.1) is 0 Å². The van der Waals surface area contributed by atoms with Crippen LogP contribution in [0.15, 0.2) is 41.8 Å². The number of hydrogen-bond acceptors (Lipinski definition) is 3. The van der Waals surface area contributed by atoms with Crippen molar-refractivity contribution < 1.29 is 14.6 Å². The topological polar surface area (TPSA) is 41.2 Å². The summed E-state index contributed by atoms with van der Waals surface area (Å²) in [6.07, 6.45) is 2.39. The zero-order valence-corrected chi connectivity index (χ0v) is 17.6. The number of likely N-dealkylation sites (N-methyl/N-ethyl adjacent to an activating group) is 1. The third kappa shape index (κ3) is 4.57. The minimum atomic E-state index is 0.117. The van der Waals surface area contributed by atoms with Gasteiger partial charge in [0.15, 0.2) is 6.54 Å². The van der Waals surface area contributed by atoms with Gasteiger partial charge in [0.25, 0.3) is 5.91 Å². The molecule has 28 heavy (non-hydrogen) atoms. The summed E-state index contributed by atoms with van der Waals surface area (Å²) in [4.78, 5) is 19.5. The van der Waals surface area contributed by atoms with Gasteiger partial charge < -0.3 is 20.0 Å². The molecule has 2 aromatic rings. The monoisotopic (exact) mass is 400 g/mol. The summed E-state index contributed by atoms with van der Waals surface area (Å²) < 4.78 is 0. The molecule has 0 aliphatic carbocycles. The van der Waals surface area contributed by atoms with Gasteiger partial charge in [0.2, 0.25) is 0 Å². The Morgan fingerprint density at radius 2 is 1.96 bits per heavy atom. The van der Waals surface area contributed by atoms with Crippen LogP contribution in [0.4, 0.5) is 11.4 Å². The molecule has 1 aromatic carbocycles. The first kappa shape index (κ1) is 19.4. The minimum absolute atomic E-state index is 0.117. The maximum atomic E-state index is 12.6. The Hall–Kier alpha value is -1.89. The van der Waals surface area contributed by atoms with Gasteiger partial charge in [-0.05, 0) is 42.6 Å². The fourth-order valence-electron chi connectivity index (χ4n) is 4.56. The van der Waals surface area contributed by atoms with Crippen molar-refractivity contribution in [3.8, 4) is 0 Å². The van der Waals surface area contributed by atoms with Crippen molar-refractivity contribution in [3.05, 3.63) is 46.7 Å². The van der Waals surface area contributed by atoms with Crippen LogP contribution in [0.25, 0.3) is 0 Å². The molecule has 3 N–H and O–H groups in total. The van der Waals surface area contributed by atoms with Crippen LogP contribution < -0.4 is 20.0 Å². The lowest BCUT2D eigenvalue weighted by Gasteiger charge is -2.33. The van der Waals surface area contributed by atoms with Crippen LogP contribution in [-0.2, 0) is 4.79 Å². The molecule has 5 nitrogen and oxygen atoms in total. The molecule has 6 heteroatoms. The zero-order chi connectivity index (χ0) is 19.3. The van der Waals surface area contributed by atoms with Crippen molar-refractivity contribution in [1.82, 2.24) is 0 Å². The average Bonchev–Trinajstić information content (AvgIpc) is 3.40. The van der Waals surface area contributed by atoms with E-state index in [1.807, 2.05) is 23.5 Å². The summed E-state index contributed by atoms with van der Waals surface area (Å²) in [5, 5.41) is 5.24. The second kappa shape index (κ2) is 9.07. The van der Waals surface area contributed by atoms with E-state index in [1.54, 1.807) is 4.90 Å². The van der Waals surface area contributed by atoms with Gasteiger partial charge in [-0.25, -0.2) is 0 Å². The molecule has 2 saturated heterocycles. The Balaban J connectivity index is 1.30. The van der Waals surface area contributed by atoms with Gasteiger partial charge in [0.1, 0.15) is 6.04 Å². The number of carbonyl (C=O) groups is 1. The van der Waals surface area contributed by atoms with Crippen LogP contribution in [0.1, 0.15) is 30.7 Å². The van der Waals surface area contributed by atoms with Gasteiger partial charge in [-0.1, -0.05) is 6.07 Å². The highest BCUT2D eigenvalue weighted by Crippen LogP contribution is 2.23. The number of anilines is 2. The number of nitrogens with one attached hydrogen (secondary N) is 3. The number of benzene rings is 1. The van der Waals surface area contributed by atoms with Crippen LogP contribution in [0.2, 0.25) is 0 Å². The molecular formula is C22H32N4OS+2. The number of carbonyl (C=O) groups excluding carboxylic acids is 1. The molecule has 150 valence electrons. The third-order valence-corrected chi connectivity index (χ3v) is 7.23. The van der Waals surface area contributed by atoms with E-state index in [2.05, 4.69) is 46.8 Å². The Bertz CT molecular complexity index is 753. The smallest absolute Gasteiger partial charge is 0.279 e. The van der Waals surface area contributed by atoms with Gasteiger partial charge in [-0.3, -0.25) is 4.79 Å². The Morgan fingerprint density at radius 1 is 1.18 bits per heavy atom. The van der Waals surface area contributed by atoms with Crippen molar-refractivity contribution in [2.24, 2.45) is 0 Å². The molecule has 2 fully saturated rings. The van der Waals surface area contributed by atoms with E-state index < -0.39 is 0 Å². The van der Waals surface area contributed by atoms with Gasteiger partial charge in [-0.2, -0.15) is 0 Å². The first-order valence-corrected chi connectivity index (χ1v) is 11.5. The predicted molar refractivity (Wildman–Crippen MR) is 116 cm³/mol. The molecule has 2 atom stereocenters. The lowest BCUT2D eigenvalue weighted by molar-refractivity contribution is -0.910. The Kier molecular flexibility index (Phi) is 6.29. The SMILES string of the molecule is CC[NH+]1CCN(c2ccc(NC(=O)C[NH+]3CCC[C@@H]3c3cccs3)cc2)CC1. The fourth-order valence-corrected chi connectivity index (χ4v) is 5.48. The van der Waals surface area contributed by atoms with Crippen LogP contribution in [-0.4, -0.2) is 51.7 Å². The van der Waals surface area contributed by atoms with Crippen molar-refractivity contribution in [2.45, 2.75) is 25.8 Å². The van der Waals surface area contributed by atoms with E-state index in [0.717, 1.165) is 25.3 Å². The normalized spacial score (nSPS) is 23.1. The van der Waals surface area contributed by atoms with Crippen molar-refractivity contribution in [1.29, 1.82) is 0 Å². The van der Waals surface area contributed by atoms with Crippen molar-refractivity contribution in [2.75, 3.05) is 56.0 Å². The number of rotatable bonds is 6.